The summed E-state index contributed by atoms with van der Waals surface area (Å²) in [5.41, 5.74) is 2.69. The Morgan fingerprint density at radius 2 is 1.93 bits per heavy atom. The predicted molar refractivity (Wildman–Crippen MR) is 112 cm³/mol. The number of Topliss-reactive ketones (excluding diaryl/α,β-unsaturated/α-hetero) is 1. The molecule has 0 unspecified atom stereocenters. The average molecular weight is 396 g/mol. The minimum Gasteiger partial charge on any atom is -0.298 e. The SMILES string of the molecule is C/C=C/n1c(-c2ccc(Cl)cc2)nn(CC(=O)CCc2cccc(C)c2)c1=O. The van der Waals surface area contributed by atoms with Crippen molar-refractivity contribution in [1.29, 1.82) is 0 Å². The maximum Gasteiger partial charge on any atom is 0.350 e. The first-order chi connectivity index (χ1) is 13.5. The number of rotatable bonds is 7. The monoisotopic (exact) mass is 395 g/mol. The number of ketones is 1. The molecule has 28 heavy (non-hydrogen) atoms. The highest BCUT2D eigenvalue weighted by molar-refractivity contribution is 6.30. The third-order valence-electron chi connectivity index (χ3n) is 4.37. The van der Waals surface area contributed by atoms with E-state index in [4.69, 9.17) is 11.6 Å². The van der Waals surface area contributed by atoms with Gasteiger partial charge in [-0.2, -0.15) is 0 Å². The second kappa shape index (κ2) is 8.85. The van der Waals surface area contributed by atoms with Crippen molar-refractivity contribution in [2.75, 3.05) is 0 Å². The van der Waals surface area contributed by atoms with Gasteiger partial charge in [0.15, 0.2) is 11.6 Å². The third-order valence-corrected chi connectivity index (χ3v) is 4.62. The number of benzene rings is 2. The van der Waals surface area contributed by atoms with Crippen LogP contribution in [-0.2, 0) is 17.8 Å². The van der Waals surface area contributed by atoms with Crippen molar-refractivity contribution in [1.82, 2.24) is 14.3 Å². The van der Waals surface area contributed by atoms with Gasteiger partial charge in [-0.15, -0.1) is 5.10 Å². The van der Waals surface area contributed by atoms with Gasteiger partial charge in [0.25, 0.3) is 0 Å². The summed E-state index contributed by atoms with van der Waals surface area (Å²) in [6.07, 6.45) is 4.41. The van der Waals surface area contributed by atoms with Gasteiger partial charge >= 0.3 is 5.69 Å². The molecule has 0 aliphatic rings. The predicted octanol–water partition coefficient (Wildman–Crippen LogP) is 4.37. The Kier molecular flexibility index (Phi) is 6.26. The standard InChI is InChI=1S/C22H22ClN3O2/c1-3-13-25-21(18-8-10-19(23)11-9-18)24-26(22(25)28)15-20(27)12-7-17-6-4-5-16(2)14-17/h3-6,8-11,13-14H,7,12,15H2,1-2H3/b13-3+. The van der Waals surface area contributed by atoms with Gasteiger partial charge in [0.05, 0.1) is 0 Å². The van der Waals surface area contributed by atoms with E-state index in [1.165, 1.54) is 14.8 Å². The molecule has 6 heteroatoms. The van der Waals surface area contributed by atoms with Gasteiger partial charge in [-0.3, -0.25) is 9.36 Å². The van der Waals surface area contributed by atoms with Gasteiger partial charge in [0.1, 0.15) is 6.54 Å². The fraction of sp³-hybridized carbons (Fsp3) is 0.227. The van der Waals surface area contributed by atoms with Crippen molar-refractivity contribution in [3.05, 3.63) is 81.2 Å². The van der Waals surface area contributed by atoms with Crippen LogP contribution < -0.4 is 5.69 Å². The molecule has 0 radical (unpaired) electrons. The third kappa shape index (κ3) is 4.67. The number of carbonyl (C=O) groups is 1. The number of allylic oxidation sites excluding steroid dienone is 1. The largest absolute Gasteiger partial charge is 0.350 e. The number of aromatic nitrogens is 3. The number of nitrogens with zero attached hydrogens (tertiary/aromatic N) is 3. The summed E-state index contributed by atoms with van der Waals surface area (Å²) in [5.74, 6) is 0.447. The topological polar surface area (TPSA) is 56.9 Å². The number of carbonyl (C=O) groups excluding carboxylic acids is 1. The molecule has 0 saturated heterocycles. The Hall–Kier alpha value is -2.92. The van der Waals surface area contributed by atoms with E-state index >= 15 is 0 Å². The summed E-state index contributed by atoms with van der Waals surface area (Å²) < 4.78 is 2.67. The molecule has 0 bridgehead atoms. The summed E-state index contributed by atoms with van der Waals surface area (Å²) in [6, 6.07) is 15.2. The first kappa shape index (κ1) is 19.8. The zero-order valence-corrected chi connectivity index (χ0v) is 16.7. The quantitative estimate of drug-likeness (QED) is 0.597. The van der Waals surface area contributed by atoms with Crippen LogP contribution in [0, 0.1) is 6.92 Å². The maximum absolute atomic E-state index is 12.7. The van der Waals surface area contributed by atoms with Crippen molar-refractivity contribution < 1.29 is 4.79 Å². The summed E-state index contributed by atoms with van der Waals surface area (Å²) >= 11 is 5.95. The highest BCUT2D eigenvalue weighted by Gasteiger charge is 2.15. The number of halogens is 1. The van der Waals surface area contributed by atoms with E-state index < -0.39 is 0 Å². The van der Waals surface area contributed by atoms with Gasteiger partial charge in [-0.1, -0.05) is 47.5 Å². The van der Waals surface area contributed by atoms with Gasteiger partial charge in [-0.25, -0.2) is 9.48 Å². The lowest BCUT2D eigenvalue weighted by Crippen LogP contribution is -2.26. The van der Waals surface area contributed by atoms with Gasteiger partial charge < -0.3 is 0 Å². The fourth-order valence-electron chi connectivity index (χ4n) is 3.00. The molecule has 144 valence electrons. The van der Waals surface area contributed by atoms with Crippen molar-refractivity contribution in [2.24, 2.45) is 0 Å². The molecule has 0 amide bonds. The molecule has 1 aromatic heterocycles. The molecule has 3 aromatic rings. The molecule has 2 aromatic carbocycles. The van der Waals surface area contributed by atoms with Crippen molar-refractivity contribution >= 4 is 23.6 Å². The van der Waals surface area contributed by atoms with Crippen LogP contribution in [0.15, 0.2) is 59.4 Å². The minimum absolute atomic E-state index is 0.0311. The number of aryl methyl sites for hydroxylation is 2. The molecule has 3 rings (SSSR count). The second-order valence-electron chi connectivity index (χ2n) is 6.65. The molecule has 0 atom stereocenters. The lowest BCUT2D eigenvalue weighted by atomic mass is 10.1. The van der Waals surface area contributed by atoms with Crippen LogP contribution in [-0.4, -0.2) is 20.1 Å². The lowest BCUT2D eigenvalue weighted by molar-refractivity contribution is -0.119. The highest BCUT2D eigenvalue weighted by atomic mass is 35.5. The van der Waals surface area contributed by atoms with E-state index in [2.05, 4.69) is 11.2 Å². The van der Waals surface area contributed by atoms with Crippen LogP contribution in [0.4, 0.5) is 0 Å². The lowest BCUT2D eigenvalue weighted by Gasteiger charge is -2.02. The van der Waals surface area contributed by atoms with Crippen molar-refractivity contribution in [3.63, 3.8) is 0 Å². The summed E-state index contributed by atoms with van der Waals surface area (Å²) in [6.45, 7) is 3.80. The molecular formula is C22H22ClN3O2. The summed E-state index contributed by atoms with van der Waals surface area (Å²) in [4.78, 5) is 25.1. The van der Waals surface area contributed by atoms with Crippen LogP contribution in [0.5, 0.6) is 0 Å². The molecule has 0 fully saturated rings. The van der Waals surface area contributed by atoms with Crippen molar-refractivity contribution in [3.8, 4) is 11.4 Å². The molecule has 0 saturated carbocycles. The smallest absolute Gasteiger partial charge is 0.298 e. The molecule has 0 aliphatic heterocycles. The highest BCUT2D eigenvalue weighted by Crippen LogP contribution is 2.19. The first-order valence-electron chi connectivity index (χ1n) is 9.13. The van der Waals surface area contributed by atoms with Crippen LogP contribution in [0.1, 0.15) is 24.5 Å². The van der Waals surface area contributed by atoms with E-state index in [0.29, 0.717) is 23.7 Å². The van der Waals surface area contributed by atoms with Crippen LogP contribution in [0.25, 0.3) is 17.6 Å². The van der Waals surface area contributed by atoms with E-state index in [-0.39, 0.29) is 18.0 Å². The Balaban J connectivity index is 1.80. The summed E-state index contributed by atoms with van der Waals surface area (Å²) in [5, 5.41) is 5.00. The van der Waals surface area contributed by atoms with Crippen LogP contribution >= 0.6 is 11.6 Å². The maximum atomic E-state index is 12.7. The van der Waals surface area contributed by atoms with Crippen LogP contribution in [0.2, 0.25) is 5.02 Å². The van der Waals surface area contributed by atoms with Crippen LogP contribution in [0.3, 0.4) is 0 Å². The molecule has 1 heterocycles. The van der Waals surface area contributed by atoms with Gasteiger partial charge in [0.2, 0.25) is 0 Å². The number of hydrogen-bond acceptors (Lipinski definition) is 3. The van der Waals surface area contributed by atoms with E-state index in [9.17, 15) is 9.59 Å². The molecule has 5 nitrogen and oxygen atoms in total. The fourth-order valence-corrected chi connectivity index (χ4v) is 3.13. The normalized spacial score (nSPS) is 11.2. The molecule has 0 aliphatic carbocycles. The molecular weight excluding hydrogens is 374 g/mol. The molecule has 0 spiro atoms. The second-order valence-corrected chi connectivity index (χ2v) is 7.09. The zero-order chi connectivity index (χ0) is 20.1. The zero-order valence-electron chi connectivity index (χ0n) is 15.9. The van der Waals surface area contributed by atoms with Gasteiger partial charge in [-0.05, 0) is 50.1 Å². The van der Waals surface area contributed by atoms with Gasteiger partial charge in [0, 0.05) is 23.2 Å². The Labute approximate surface area is 168 Å². The Morgan fingerprint density at radius 3 is 2.61 bits per heavy atom. The first-order valence-corrected chi connectivity index (χ1v) is 9.51. The minimum atomic E-state index is -0.341. The van der Waals surface area contributed by atoms with E-state index in [1.807, 2.05) is 32.0 Å². The summed E-state index contributed by atoms with van der Waals surface area (Å²) in [7, 11) is 0. The van der Waals surface area contributed by atoms with E-state index in [1.54, 1.807) is 36.5 Å². The number of hydrogen-bond donors (Lipinski definition) is 0. The Morgan fingerprint density at radius 1 is 1.18 bits per heavy atom. The van der Waals surface area contributed by atoms with Crippen molar-refractivity contribution in [2.45, 2.75) is 33.2 Å². The Bertz CT molecular complexity index is 1060. The average Bonchev–Trinajstić information content (AvgIpc) is 2.97. The molecule has 0 N–H and O–H groups in total. The van der Waals surface area contributed by atoms with E-state index in [0.717, 1.165) is 11.1 Å².